The molecule has 0 aromatic carbocycles. The highest BCUT2D eigenvalue weighted by Crippen LogP contribution is 2.24. The fraction of sp³-hybridized carbons (Fsp3) is 0.917. The molecule has 104 valence electrons. The summed E-state index contributed by atoms with van der Waals surface area (Å²) in [6.45, 7) is 2.03. The van der Waals surface area contributed by atoms with Gasteiger partial charge in [0, 0.05) is 12.1 Å². The molecule has 0 aromatic heterocycles. The van der Waals surface area contributed by atoms with Crippen molar-refractivity contribution in [3.63, 3.8) is 0 Å². The standard InChI is InChI=1S/C12H22N2O4/c15-12(16)9-2-4-14-11(6-9)10-5-8(7-18-17)1-3-13-10/h8-11,13-14,17H,1-7H2,(H,15,16). The lowest BCUT2D eigenvalue weighted by Gasteiger charge is -2.39. The first-order valence-electron chi connectivity index (χ1n) is 6.66. The van der Waals surface area contributed by atoms with Crippen LogP contribution in [0, 0.1) is 11.8 Å². The Morgan fingerprint density at radius 2 is 1.83 bits per heavy atom. The quantitative estimate of drug-likeness (QED) is 0.428. The molecule has 4 unspecified atom stereocenters. The van der Waals surface area contributed by atoms with Crippen LogP contribution in [0.5, 0.6) is 0 Å². The zero-order chi connectivity index (χ0) is 13.0. The predicted octanol–water partition coefficient (Wildman–Crippen LogP) is 0.297. The van der Waals surface area contributed by atoms with E-state index in [9.17, 15) is 4.79 Å². The van der Waals surface area contributed by atoms with Gasteiger partial charge in [-0.3, -0.25) is 10.1 Å². The van der Waals surface area contributed by atoms with Gasteiger partial charge in [0.1, 0.15) is 0 Å². The van der Waals surface area contributed by atoms with E-state index in [1.165, 1.54) is 0 Å². The lowest BCUT2D eigenvalue weighted by Crippen LogP contribution is -2.55. The summed E-state index contributed by atoms with van der Waals surface area (Å²) in [6.07, 6.45) is 3.30. The van der Waals surface area contributed by atoms with Crippen molar-refractivity contribution >= 4 is 5.97 Å². The molecular weight excluding hydrogens is 236 g/mol. The number of rotatable bonds is 4. The van der Waals surface area contributed by atoms with Crippen LogP contribution in [0.15, 0.2) is 0 Å². The smallest absolute Gasteiger partial charge is 0.306 e. The number of carbonyl (C=O) groups is 1. The van der Waals surface area contributed by atoms with Gasteiger partial charge in [-0.25, -0.2) is 4.89 Å². The van der Waals surface area contributed by atoms with E-state index in [0.29, 0.717) is 25.4 Å². The number of carboxylic acid groups (broad SMARTS) is 1. The van der Waals surface area contributed by atoms with Crippen LogP contribution in [-0.2, 0) is 9.68 Å². The van der Waals surface area contributed by atoms with E-state index >= 15 is 0 Å². The van der Waals surface area contributed by atoms with Crippen molar-refractivity contribution in [1.82, 2.24) is 10.6 Å². The fourth-order valence-electron chi connectivity index (χ4n) is 3.08. The van der Waals surface area contributed by atoms with Crippen LogP contribution in [0.2, 0.25) is 0 Å². The van der Waals surface area contributed by atoms with Crippen LogP contribution in [0.1, 0.15) is 25.7 Å². The van der Waals surface area contributed by atoms with Crippen LogP contribution in [0.4, 0.5) is 0 Å². The highest BCUT2D eigenvalue weighted by atomic mass is 17.1. The monoisotopic (exact) mass is 258 g/mol. The Bertz CT molecular complexity index is 285. The first kappa shape index (κ1) is 13.7. The average Bonchev–Trinajstić information content (AvgIpc) is 2.39. The molecule has 2 aliphatic rings. The maximum absolute atomic E-state index is 11.0. The van der Waals surface area contributed by atoms with E-state index in [1.807, 2.05) is 0 Å². The summed E-state index contributed by atoms with van der Waals surface area (Å²) in [5.41, 5.74) is 0. The zero-order valence-electron chi connectivity index (χ0n) is 10.5. The van der Waals surface area contributed by atoms with Crippen LogP contribution < -0.4 is 10.6 Å². The number of piperidine rings is 2. The molecule has 2 fully saturated rings. The zero-order valence-corrected chi connectivity index (χ0v) is 10.5. The minimum Gasteiger partial charge on any atom is -0.481 e. The number of hydrogen-bond donors (Lipinski definition) is 4. The summed E-state index contributed by atoms with van der Waals surface area (Å²) >= 11 is 0. The third-order valence-corrected chi connectivity index (χ3v) is 4.13. The van der Waals surface area contributed by atoms with E-state index < -0.39 is 5.97 Å². The van der Waals surface area contributed by atoms with Crippen molar-refractivity contribution < 1.29 is 20.0 Å². The second-order valence-electron chi connectivity index (χ2n) is 5.37. The number of aliphatic carboxylic acids is 1. The molecule has 0 spiro atoms. The topological polar surface area (TPSA) is 90.8 Å². The number of carboxylic acids is 1. The predicted molar refractivity (Wildman–Crippen MR) is 65.2 cm³/mol. The minimum absolute atomic E-state index is 0.210. The van der Waals surface area contributed by atoms with Gasteiger partial charge in [-0.2, -0.15) is 0 Å². The third-order valence-electron chi connectivity index (χ3n) is 4.13. The molecule has 4 atom stereocenters. The Balaban J connectivity index is 1.87. The molecule has 6 nitrogen and oxygen atoms in total. The van der Waals surface area contributed by atoms with Gasteiger partial charge in [-0.05, 0) is 44.7 Å². The van der Waals surface area contributed by atoms with E-state index in [0.717, 1.165) is 25.9 Å². The molecule has 2 saturated heterocycles. The van der Waals surface area contributed by atoms with Crippen LogP contribution in [0.3, 0.4) is 0 Å². The number of hydrogen-bond acceptors (Lipinski definition) is 5. The van der Waals surface area contributed by atoms with Crippen molar-refractivity contribution in [3.8, 4) is 0 Å². The van der Waals surface area contributed by atoms with Crippen LogP contribution >= 0.6 is 0 Å². The Morgan fingerprint density at radius 1 is 1.17 bits per heavy atom. The highest BCUT2D eigenvalue weighted by Gasteiger charge is 2.34. The van der Waals surface area contributed by atoms with E-state index in [-0.39, 0.29) is 18.0 Å². The van der Waals surface area contributed by atoms with E-state index in [1.54, 1.807) is 0 Å². The van der Waals surface area contributed by atoms with Crippen LogP contribution in [-0.4, -0.2) is 48.1 Å². The maximum atomic E-state index is 11.0. The van der Waals surface area contributed by atoms with Crippen molar-refractivity contribution in [2.45, 2.75) is 37.8 Å². The Kier molecular flexibility index (Phi) is 4.94. The summed E-state index contributed by atoms with van der Waals surface area (Å²) in [5.74, 6) is -0.562. The van der Waals surface area contributed by atoms with Crippen molar-refractivity contribution in [2.75, 3.05) is 19.7 Å². The molecule has 6 heteroatoms. The SMILES string of the molecule is O=C(O)C1CCNC(C2CC(COO)CCN2)C1. The van der Waals surface area contributed by atoms with E-state index in [4.69, 9.17) is 10.4 Å². The molecule has 18 heavy (non-hydrogen) atoms. The van der Waals surface area contributed by atoms with Crippen LogP contribution in [0.25, 0.3) is 0 Å². The fourth-order valence-corrected chi connectivity index (χ4v) is 3.08. The molecule has 0 aliphatic carbocycles. The summed E-state index contributed by atoms with van der Waals surface area (Å²) in [6, 6.07) is 0.488. The first-order valence-corrected chi connectivity index (χ1v) is 6.66. The molecule has 0 saturated carbocycles. The minimum atomic E-state index is -0.687. The number of nitrogens with one attached hydrogen (secondary N) is 2. The largest absolute Gasteiger partial charge is 0.481 e. The van der Waals surface area contributed by atoms with Crippen molar-refractivity contribution in [1.29, 1.82) is 0 Å². The summed E-state index contributed by atoms with van der Waals surface area (Å²) < 4.78 is 0. The normalized spacial score (nSPS) is 37.4. The second-order valence-corrected chi connectivity index (χ2v) is 5.37. The molecule has 0 radical (unpaired) electrons. The summed E-state index contributed by atoms with van der Waals surface area (Å²) in [7, 11) is 0. The van der Waals surface area contributed by atoms with Gasteiger partial charge in [0.2, 0.25) is 0 Å². The molecule has 0 aromatic rings. The second kappa shape index (κ2) is 6.47. The average molecular weight is 258 g/mol. The van der Waals surface area contributed by atoms with Gasteiger partial charge < -0.3 is 15.7 Å². The van der Waals surface area contributed by atoms with Gasteiger partial charge in [-0.15, -0.1) is 0 Å². The Morgan fingerprint density at radius 3 is 2.50 bits per heavy atom. The first-order chi connectivity index (χ1) is 8.70. The highest BCUT2D eigenvalue weighted by molar-refractivity contribution is 5.70. The third kappa shape index (κ3) is 3.41. The molecule has 2 rings (SSSR count). The molecule has 2 heterocycles. The van der Waals surface area contributed by atoms with E-state index in [2.05, 4.69) is 15.5 Å². The Labute approximate surface area is 107 Å². The van der Waals surface area contributed by atoms with Gasteiger partial charge >= 0.3 is 5.97 Å². The lowest BCUT2D eigenvalue weighted by molar-refractivity contribution is -0.252. The summed E-state index contributed by atoms with van der Waals surface area (Å²) in [4.78, 5) is 15.3. The van der Waals surface area contributed by atoms with Gasteiger partial charge in [0.25, 0.3) is 0 Å². The van der Waals surface area contributed by atoms with Gasteiger partial charge in [0.15, 0.2) is 0 Å². The molecule has 4 N–H and O–H groups in total. The molecule has 2 aliphatic heterocycles. The molecule has 0 amide bonds. The van der Waals surface area contributed by atoms with Crippen molar-refractivity contribution in [2.24, 2.45) is 11.8 Å². The van der Waals surface area contributed by atoms with Crippen molar-refractivity contribution in [3.05, 3.63) is 0 Å². The van der Waals surface area contributed by atoms with Gasteiger partial charge in [0.05, 0.1) is 12.5 Å². The Hall–Kier alpha value is -0.690. The maximum Gasteiger partial charge on any atom is 0.306 e. The summed E-state index contributed by atoms with van der Waals surface area (Å²) in [5, 5.41) is 24.5. The molecular formula is C12H22N2O4. The van der Waals surface area contributed by atoms with Gasteiger partial charge in [-0.1, -0.05) is 0 Å². The lowest BCUT2D eigenvalue weighted by atomic mass is 9.83. The molecule has 0 bridgehead atoms.